The van der Waals surface area contributed by atoms with Gasteiger partial charge in [0.2, 0.25) is 5.91 Å². The van der Waals surface area contributed by atoms with E-state index in [1.54, 1.807) is 0 Å². The van der Waals surface area contributed by atoms with E-state index in [1.165, 1.54) is 5.56 Å². The van der Waals surface area contributed by atoms with Crippen LogP contribution in [-0.4, -0.2) is 45.6 Å². The Bertz CT molecular complexity index is 957. The van der Waals surface area contributed by atoms with Gasteiger partial charge in [-0.3, -0.25) is 10.2 Å². The first kappa shape index (κ1) is 27.3. The van der Waals surface area contributed by atoms with Gasteiger partial charge in [-0.1, -0.05) is 72.1 Å². The molecule has 10 nitrogen and oxygen atoms in total. The minimum absolute atomic E-state index is 0.0231. The average Bonchev–Trinajstić information content (AvgIpc) is 2.83. The summed E-state index contributed by atoms with van der Waals surface area (Å²) in [5.74, 6) is -2.69. The van der Waals surface area contributed by atoms with Crippen molar-refractivity contribution in [1.29, 1.82) is 5.41 Å². The molecule has 1 amide bonds. The minimum atomic E-state index is -1.21. The van der Waals surface area contributed by atoms with Crippen molar-refractivity contribution < 1.29 is 19.7 Å². The molecule has 35 heavy (non-hydrogen) atoms. The molecular formula is C25H33N5O5. The SMILES string of the molecule is N=C(N)N(CCCC(NC(=O)[C@@H](CCCCc1ccccc1)Cc1ccccc1)C(=O)O)[N+](=O)[O-]. The van der Waals surface area contributed by atoms with Gasteiger partial charge in [0.05, 0.1) is 6.54 Å². The Kier molecular flexibility index (Phi) is 11.2. The first-order chi connectivity index (χ1) is 16.8. The maximum absolute atomic E-state index is 13.1. The fourth-order valence-electron chi connectivity index (χ4n) is 3.87. The summed E-state index contributed by atoms with van der Waals surface area (Å²) in [5.41, 5.74) is 7.41. The number of hydrazine groups is 1. The summed E-state index contributed by atoms with van der Waals surface area (Å²) in [6.07, 6.45) is 3.77. The summed E-state index contributed by atoms with van der Waals surface area (Å²) in [6, 6.07) is 18.5. The second-order valence-electron chi connectivity index (χ2n) is 8.41. The predicted octanol–water partition coefficient (Wildman–Crippen LogP) is 3.00. The van der Waals surface area contributed by atoms with E-state index in [1.807, 2.05) is 48.5 Å². The number of hydrogen-bond acceptors (Lipinski definition) is 5. The lowest BCUT2D eigenvalue weighted by atomic mass is 9.92. The molecular weight excluding hydrogens is 450 g/mol. The van der Waals surface area contributed by atoms with Crippen LogP contribution in [0.1, 0.15) is 43.2 Å². The molecule has 2 aromatic carbocycles. The lowest BCUT2D eigenvalue weighted by Gasteiger charge is -2.21. The third kappa shape index (κ3) is 9.83. The van der Waals surface area contributed by atoms with Gasteiger partial charge in [-0.25, -0.2) is 14.9 Å². The predicted molar refractivity (Wildman–Crippen MR) is 132 cm³/mol. The van der Waals surface area contributed by atoms with Crippen LogP contribution in [0.15, 0.2) is 60.7 Å². The average molecular weight is 484 g/mol. The van der Waals surface area contributed by atoms with E-state index in [2.05, 4.69) is 17.4 Å². The van der Waals surface area contributed by atoms with Crippen molar-refractivity contribution in [3.8, 4) is 0 Å². The monoisotopic (exact) mass is 483 g/mol. The maximum atomic E-state index is 13.1. The van der Waals surface area contributed by atoms with E-state index in [4.69, 9.17) is 11.1 Å². The second-order valence-corrected chi connectivity index (χ2v) is 8.41. The molecule has 5 N–H and O–H groups in total. The van der Waals surface area contributed by atoms with Gasteiger partial charge in [0.1, 0.15) is 6.04 Å². The number of amides is 1. The quantitative estimate of drug-likeness (QED) is 0.0994. The van der Waals surface area contributed by atoms with Gasteiger partial charge in [0.25, 0.3) is 5.96 Å². The maximum Gasteiger partial charge on any atom is 0.326 e. The van der Waals surface area contributed by atoms with Crippen LogP contribution in [-0.2, 0) is 22.4 Å². The van der Waals surface area contributed by atoms with Crippen LogP contribution < -0.4 is 11.1 Å². The largest absolute Gasteiger partial charge is 0.480 e. The third-order valence-electron chi connectivity index (χ3n) is 5.76. The highest BCUT2D eigenvalue weighted by molar-refractivity contribution is 5.85. The lowest BCUT2D eigenvalue weighted by molar-refractivity contribution is -0.629. The molecule has 1 unspecified atom stereocenters. The third-order valence-corrected chi connectivity index (χ3v) is 5.76. The van der Waals surface area contributed by atoms with Crippen molar-refractivity contribution in [2.75, 3.05) is 6.54 Å². The number of nitrogens with zero attached hydrogens (tertiary/aromatic N) is 2. The summed E-state index contributed by atoms with van der Waals surface area (Å²) in [6.45, 7) is -0.227. The summed E-state index contributed by atoms with van der Waals surface area (Å²) >= 11 is 0. The zero-order valence-corrected chi connectivity index (χ0v) is 19.6. The molecule has 0 fully saturated rings. The number of carboxylic acid groups (broad SMARTS) is 1. The van der Waals surface area contributed by atoms with Gasteiger partial charge in [-0.05, 0) is 49.7 Å². The van der Waals surface area contributed by atoms with E-state index in [0.717, 1.165) is 24.8 Å². The first-order valence-electron chi connectivity index (χ1n) is 11.6. The van der Waals surface area contributed by atoms with E-state index in [-0.39, 0.29) is 25.3 Å². The summed E-state index contributed by atoms with van der Waals surface area (Å²) in [5, 5.41) is 30.0. The number of benzene rings is 2. The first-order valence-corrected chi connectivity index (χ1v) is 11.6. The van der Waals surface area contributed by atoms with Gasteiger partial charge in [0, 0.05) is 5.92 Å². The number of carboxylic acids is 1. The lowest BCUT2D eigenvalue weighted by Crippen LogP contribution is -2.45. The molecule has 2 atom stereocenters. The fourth-order valence-corrected chi connectivity index (χ4v) is 3.87. The number of aliphatic carboxylic acids is 1. The van der Waals surface area contributed by atoms with Crippen LogP contribution >= 0.6 is 0 Å². The number of carbonyl (C=O) groups excluding carboxylic acids is 1. The molecule has 0 aliphatic carbocycles. The van der Waals surface area contributed by atoms with E-state index in [0.29, 0.717) is 17.9 Å². The zero-order chi connectivity index (χ0) is 25.6. The van der Waals surface area contributed by atoms with Crippen LogP contribution in [0.25, 0.3) is 0 Å². The fraction of sp³-hybridized carbons (Fsp3) is 0.400. The molecule has 0 aromatic heterocycles. The van der Waals surface area contributed by atoms with Gasteiger partial charge in [-0.15, -0.1) is 0 Å². The number of nitro groups is 1. The minimum Gasteiger partial charge on any atom is -0.480 e. The highest BCUT2D eigenvalue weighted by Crippen LogP contribution is 2.18. The van der Waals surface area contributed by atoms with Crippen molar-refractivity contribution in [2.24, 2.45) is 11.7 Å². The van der Waals surface area contributed by atoms with Gasteiger partial charge in [0.15, 0.2) is 5.03 Å². The Morgan fingerprint density at radius 3 is 2.14 bits per heavy atom. The Hall–Kier alpha value is -3.95. The summed E-state index contributed by atoms with van der Waals surface area (Å²) < 4.78 is 0. The zero-order valence-electron chi connectivity index (χ0n) is 19.6. The van der Waals surface area contributed by atoms with Crippen molar-refractivity contribution in [3.05, 3.63) is 81.9 Å². The van der Waals surface area contributed by atoms with Crippen LogP contribution in [0, 0.1) is 21.4 Å². The number of hydrogen-bond donors (Lipinski definition) is 4. The molecule has 0 aliphatic rings. The highest BCUT2D eigenvalue weighted by Gasteiger charge is 2.26. The molecule has 2 aromatic rings. The Balaban J connectivity index is 1.97. The van der Waals surface area contributed by atoms with Crippen molar-refractivity contribution in [2.45, 2.75) is 51.0 Å². The Morgan fingerprint density at radius 1 is 1.00 bits per heavy atom. The van der Waals surface area contributed by atoms with Crippen molar-refractivity contribution >= 4 is 17.8 Å². The molecule has 0 bridgehead atoms. The molecule has 0 saturated carbocycles. The van der Waals surface area contributed by atoms with Crippen LogP contribution in [0.3, 0.4) is 0 Å². The number of guanidine groups is 1. The topological polar surface area (TPSA) is 163 Å². The molecule has 2 rings (SSSR count). The molecule has 0 heterocycles. The molecule has 0 aliphatic heterocycles. The highest BCUT2D eigenvalue weighted by atomic mass is 16.7. The summed E-state index contributed by atoms with van der Waals surface area (Å²) in [7, 11) is 0. The normalized spacial score (nSPS) is 12.3. The van der Waals surface area contributed by atoms with E-state index >= 15 is 0 Å². The number of carbonyl (C=O) groups is 2. The molecule has 0 spiro atoms. The number of aryl methyl sites for hydroxylation is 1. The number of nitrogens with two attached hydrogens (primary N) is 1. The number of rotatable bonds is 15. The van der Waals surface area contributed by atoms with Gasteiger partial charge >= 0.3 is 5.97 Å². The van der Waals surface area contributed by atoms with Gasteiger partial charge < -0.3 is 16.2 Å². The molecule has 188 valence electrons. The van der Waals surface area contributed by atoms with Crippen molar-refractivity contribution in [3.63, 3.8) is 0 Å². The van der Waals surface area contributed by atoms with Crippen LogP contribution in [0.5, 0.6) is 0 Å². The van der Waals surface area contributed by atoms with Crippen molar-refractivity contribution in [1.82, 2.24) is 10.3 Å². The summed E-state index contributed by atoms with van der Waals surface area (Å²) in [4.78, 5) is 35.8. The Morgan fingerprint density at radius 2 is 1.60 bits per heavy atom. The van der Waals surface area contributed by atoms with Crippen LogP contribution in [0.4, 0.5) is 0 Å². The Labute approximate surface area is 204 Å². The van der Waals surface area contributed by atoms with Gasteiger partial charge in [-0.2, -0.15) is 0 Å². The number of nitrogens with one attached hydrogen (secondary N) is 2. The number of unbranched alkanes of at least 4 members (excludes halogenated alkanes) is 1. The smallest absolute Gasteiger partial charge is 0.326 e. The van der Waals surface area contributed by atoms with Crippen LogP contribution in [0.2, 0.25) is 0 Å². The van der Waals surface area contributed by atoms with E-state index < -0.39 is 28.9 Å². The molecule has 10 heteroatoms. The molecule has 0 saturated heterocycles. The standard InChI is InChI=1S/C25H33N5O5/c26-25(27)29(30(34)35)17-9-16-22(24(32)33)28-23(31)21(18-20-13-5-2-6-14-20)15-8-7-12-19-10-3-1-4-11-19/h1-6,10-11,13-14,21-22H,7-9,12,15-18H2,(H3,26,27)(H,28,31)(H,32,33)/t21-,22?/m0/s1. The van der Waals surface area contributed by atoms with E-state index in [9.17, 15) is 24.8 Å². The second kappa shape index (κ2) is 14.3. The molecule has 0 radical (unpaired) electrons.